The summed E-state index contributed by atoms with van der Waals surface area (Å²) >= 11 is 0. The lowest BCUT2D eigenvalue weighted by molar-refractivity contribution is 1.36. The lowest BCUT2D eigenvalue weighted by Gasteiger charge is -2.22. The van der Waals surface area contributed by atoms with Crippen molar-refractivity contribution in [1.82, 2.24) is 0 Å². The minimum atomic E-state index is 1.25. The van der Waals surface area contributed by atoms with E-state index >= 15 is 0 Å². The Labute approximate surface area is 272 Å². The van der Waals surface area contributed by atoms with Gasteiger partial charge in [-0.1, -0.05) is 132 Å². The average molecular weight is 589 g/mol. The Bertz CT molecular complexity index is 2460. The van der Waals surface area contributed by atoms with Crippen molar-refractivity contribution < 1.29 is 0 Å². The van der Waals surface area contributed by atoms with Crippen LogP contribution in [0.4, 0.5) is 0 Å². The van der Waals surface area contributed by atoms with Gasteiger partial charge in [0.15, 0.2) is 0 Å². The highest BCUT2D eigenvalue weighted by Crippen LogP contribution is 2.47. The molecule has 0 amide bonds. The van der Waals surface area contributed by atoms with Gasteiger partial charge in [-0.2, -0.15) is 0 Å². The van der Waals surface area contributed by atoms with Gasteiger partial charge in [-0.25, -0.2) is 0 Å². The van der Waals surface area contributed by atoms with Crippen molar-refractivity contribution in [1.29, 1.82) is 0 Å². The fourth-order valence-electron chi connectivity index (χ4n) is 7.56. The molecule has 0 unspecified atom stereocenters. The Morgan fingerprint density at radius 1 is 0.370 bits per heavy atom. The molecule has 0 heterocycles. The van der Waals surface area contributed by atoms with Gasteiger partial charge in [0.2, 0.25) is 0 Å². The molecule has 46 heavy (non-hydrogen) atoms. The van der Waals surface area contributed by atoms with Gasteiger partial charge in [0, 0.05) is 0 Å². The maximum Gasteiger partial charge on any atom is 0.139 e. The largest absolute Gasteiger partial charge is 0.139 e. The summed E-state index contributed by atoms with van der Waals surface area (Å²) in [6.07, 6.45) is 0. The number of fused-ring (bicyclic) bond motifs is 4. The molecule has 0 aliphatic rings. The zero-order valence-electron chi connectivity index (χ0n) is 27.5. The van der Waals surface area contributed by atoms with E-state index in [1.54, 1.807) is 0 Å². The highest BCUT2D eigenvalue weighted by Gasteiger charge is 2.21. The zero-order valence-corrected chi connectivity index (χ0v) is 27.5. The second-order valence-corrected chi connectivity index (χ2v) is 13.3. The molecule has 0 fully saturated rings. The zero-order chi connectivity index (χ0) is 31.7. The SMILES string of the molecule is Bc1cc2c(-c3ccc(C)cc3C)c3cc(C)c(C)cc3c(-c3cccc4c(-c5ccc6ccccc6c5)cccc34)c2cc1C. The summed E-state index contributed by atoms with van der Waals surface area (Å²) in [4.78, 5) is 0. The van der Waals surface area contributed by atoms with E-state index in [1.807, 2.05) is 0 Å². The summed E-state index contributed by atoms with van der Waals surface area (Å²) in [5.74, 6) is 0. The van der Waals surface area contributed by atoms with Gasteiger partial charge in [0.05, 0.1) is 0 Å². The molecule has 0 aliphatic carbocycles. The molecule has 0 aromatic heterocycles. The van der Waals surface area contributed by atoms with Crippen LogP contribution < -0.4 is 5.46 Å². The van der Waals surface area contributed by atoms with Gasteiger partial charge < -0.3 is 0 Å². The van der Waals surface area contributed by atoms with Gasteiger partial charge in [-0.05, 0) is 134 Å². The van der Waals surface area contributed by atoms with Crippen LogP contribution in [0.15, 0.2) is 121 Å². The highest BCUT2D eigenvalue weighted by molar-refractivity contribution is 6.36. The molecule has 8 rings (SSSR count). The summed E-state index contributed by atoms with van der Waals surface area (Å²) in [6.45, 7) is 11.2. The Kier molecular flexibility index (Phi) is 6.62. The molecule has 0 radical (unpaired) electrons. The number of hydrogen-bond acceptors (Lipinski definition) is 0. The Morgan fingerprint density at radius 3 is 1.65 bits per heavy atom. The van der Waals surface area contributed by atoms with Crippen molar-refractivity contribution >= 4 is 56.4 Å². The van der Waals surface area contributed by atoms with E-state index in [1.165, 1.54) is 110 Å². The number of benzene rings is 8. The van der Waals surface area contributed by atoms with Gasteiger partial charge in [-0.15, -0.1) is 0 Å². The summed E-state index contributed by atoms with van der Waals surface area (Å²) in [5, 5.41) is 10.4. The van der Waals surface area contributed by atoms with Crippen LogP contribution >= 0.6 is 0 Å². The van der Waals surface area contributed by atoms with Crippen LogP contribution in [-0.2, 0) is 0 Å². The second-order valence-electron chi connectivity index (χ2n) is 13.3. The third-order valence-electron chi connectivity index (χ3n) is 10.2. The smallest absolute Gasteiger partial charge is 0.0855 e. The van der Waals surface area contributed by atoms with Crippen molar-refractivity contribution in [2.45, 2.75) is 34.6 Å². The van der Waals surface area contributed by atoms with Gasteiger partial charge in [-0.3, -0.25) is 0 Å². The average Bonchev–Trinajstić information content (AvgIpc) is 3.05. The predicted octanol–water partition coefficient (Wildman–Crippen LogP) is 11.1. The topological polar surface area (TPSA) is 0 Å². The van der Waals surface area contributed by atoms with E-state index in [2.05, 4.69) is 164 Å². The molecule has 0 spiro atoms. The molecule has 8 aromatic carbocycles. The van der Waals surface area contributed by atoms with Gasteiger partial charge >= 0.3 is 0 Å². The monoisotopic (exact) mass is 588 g/mol. The predicted molar refractivity (Wildman–Crippen MR) is 205 cm³/mol. The first-order valence-corrected chi connectivity index (χ1v) is 16.4. The van der Waals surface area contributed by atoms with Crippen molar-refractivity contribution in [2.24, 2.45) is 0 Å². The molecule has 0 bridgehead atoms. The minimum absolute atomic E-state index is 1.25. The van der Waals surface area contributed by atoms with E-state index in [9.17, 15) is 0 Å². The Balaban J connectivity index is 1.51. The third kappa shape index (κ3) is 4.45. The minimum Gasteiger partial charge on any atom is -0.0855 e. The fraction of sp³-hybridized carbons (Fsp3) is 0.111. The maximum atomic E-state index is 2.44. The molecule has 0 saturated heterocycles. The molecule has 0 aliphatic heterocycles. The van der Waals surface area contributed by atoms with E-state index in [0.29, 0.717) is 0 Å². The Hall–Kier alpha value is -5.14. The maximum absolute atomic E-state index is 2.44. The molecular formula is C45H37B. The Morgan fingerprint density at radius 2 is 0.957 bits per heavy atom. The summed E-state index contributed by atoms with van der Waals surface area (Å²) in [5.41, 5.74) is 15.7. The van der Waals surface area contributed by atoms with Crippen molar-refractivity contribution in [3.63, 3.8) is 0 Å². The van der Waals surface area contributed by atoms with Crippen molar-refractivity contribution in [3.05, 3.63) is 149 Å². The molecule has 8 aromatic rings. The van der Waals surface area contributed by atoms with Crippen LogP contribution in [0.3, 0.4) is 0 Å². The molecule has 0 N–H and O–H groups in total. The van der Waals surface area contributed by atoms with Crippen LogP contribution in [0.25, 0.3) is 76.5 Å². The van der Waals surface area contributed by atoms with Crippen molar-refractivity contribution in [3.8, 4) is 33.4 Å². The van der Waals surface area contributed by atoms with Crippen LogP contribution in [0.5, 0.6) is 0 Å². The van der Waals surface area contributed by atoms with Crippen LogP contribution in [0, 0.1) is 34.6 Å². The summed E-state index contributed by atoms with van der Waals surface area (Å²) in [7, 11) is 2.25. The molecule has 0 nitrogen and oxygen atoms in total. The molecule has 220 valence electrons. The molecule has 0 saturated carbocycles. The number of aryl methyl sites for hydroxylation is 5. The normalized spacial score (nSPS) is 11.7. The van der Waals surface area contributed by atoms with Crippen molar-refractivity contribution in [2.75, 3.05) is 0 Å². The second kappa shape index (κ2) is 10.7. The van der Waals surface area contributed by atoms with Crippen LogP contribution in [0.2, 0.25) is 0 Å². The first kappa shape index (κ1) is 28.3. The van der Waals surface area contributed by atoms with E-state index in [4.69, 9.17) is 0 Å². The standard InChI is InChI=1S/C45H37B/c1-26-16-19-34(29(4)20-26)44-39-21-27(2)28(3)22-40(39)45(41-23-30(5)43(46)25-42(41)44)38-15-9-13-36-35(12-8-14-37(36)38)33-18-17-31-10-6-7-11-32(31)24-33/h6-25H,46H2,1-5H3. The van der Waals surface area contributed by atoms with Gasteiger partial charge in [0.25, 0.3) is 0 Å². The fourth-order valence-corrected chi connectivity index (χ4v) is 7.56. The number of hydrogen-bond donors (Lipinski definition) is 0. The van der Waals surface area contributed by atoms with E-state index in [-0.39, 0.29) is 0 Å². The molecular weight excluding hydrogens is 551 g/mol. The lowest BCUT2D eigenvalue weighted by atomic mass is 9.79. The van der Waals surface area contributed by atoms with Crippen LogP contribution in [0.1, 0.15) is 27.8 Å². The quantitative estimate of drug-likeness (QED) is 0.142. The number of rotatable bonds is 3. The summed E-state index contributed by atoms with van der Waals surface area (Å²) in [6, 6.07) is 45.8. The first-order valence-electron chi connectivity index (χ1n) is 16.4. The van der Waals surface area contributed by atoms with E-state index in [0.717, 1.165) is 0 Å². The lowest BCUT2D eigenvalue weighted by Crippen LogP contribution is -2.07. The highest BCUT2D eigenvalue weighted by atomic mass is 14.2. The molecule has 0 atom stereocenters. The van der Waals surface area contributed by atoms with E-state index < -0.39 is 0 Å². The third-order valence-corrected chi connectivity index (χ3v) is 10.2. The van der Waals surface area contributed by atoms with Crippen LogP contribution in [-0.4, -0.2) is 7.85 Å². The van der Waals surface area contributed by atoms with Gasteiger partial charge in [0.1, 0.15) is 7.85 Å². The first-order chi connectivity index (χ1) is 22.3. The molecule has 1 heteroatoms. The summed E-state index contributed by atoms with van der Waals surface area (Å²) < 4.78 is 0.